The maximum absolute atomic E-state index is 9.13. The molecule has 0 aromatic rings. The van der Waals surface area contributed by atoms with E-state index in [9.17, 15) is 0 Å². The van der Waals surface area contributed by atoms with Crippen molar-refractivity contribution in [3.05, 3.63) is 11.3 Å². The fraction of sp³-hybridized carbons (Fsp3) is 0.714. The van der Waals surface area contributed by atoms with Gasteiger partial charge in [0.25, 0.3) is 0 Å². The Morgan fingerprint density at radius 1 is 1.28 bits per heavy atom. The second kappa shape index (κ2) is 5.71. The molecule has 3 nitrogen and oxygen atoms in total. The van der Waals surface area contributed by atoms with E-state index in [1.807, 2.05) is 6.92 Å². The second-order valence-corrected chi connectivity index (χ2v) is 5.92. The number of piperidine rings is 1. The van der Waals surface area contributed by atoms with Crippen LogP contribution in [0.2, 0.25) is 0 Å². The topological polar surface area (TPSA) is 53.1 Å². The van der Waals surface area contributed by atoms with Gasteiger partial charge in [0.1, 0.15) is 16.6 Å². The van der Waals surface area contributed by atoms with Crippen molar-refractivity contribution in [3.63, 3.8) is 0 Å². The maximum atomic E-state index is 9.13. The zero-order valence-corrected chi connectivity index (χ0v) is 11.8. The Kier molecular flexibility index (Phi) is 4.23. The maximum Gasteiger partial charge on any atom is 0.116 e. The Hall–Kier alpha value is -1.08. The van der Waals surface area contributed by atoms with Crippen molar-refractivity contribution < 1.29 is 0 Å². The van der Waals surface area contributed by atoms with E-state index in [1.54, 1.807) is 0 Å². The number of nitrogens with zero attached hydrogens (tertiary/aromatic N) is 2. The molecule has 0 unspecified atom stereocenters. The average molecular weight is 263 g/mol. The summed E-state index contributed by atoms with van der Waals surface area (Å²) >= 11 is 4.95. The smallest absolute Gasteiger partial charge is 0.116 e. The summed E-state index contributed by atoms with van der Waals surface area (Å²) < 4.78 is 0. The Balaban J connectivity index is 2.11. The van der Waals surface area contributed by atoms with Crippen LogP contribution < -0.4 is 5.73 Å². The lowest BCUT2D eigenvalue weighted by Crippen LogP contribution is -2.41. The number of thiocarbonyl (C=S) groups is 1. The summed E-state index contributed by atoms with van der Waals surface area (Å²) in [5.74, 6) is 1.70. The Labute approximate surface area is 115 Å². The van der Waals surface area contributed by atoms with Gasteiger partial charge in [0.15, 0.2) is 0 Å². The summed E-state index contributed by atoms with van der Waals surface area (Å²) in [7, 11) is 0. The van der Waals surface area contributed by atoms with Crippen LogP contribution in [0.3, 0.4) is 0 Å². The highest BCUT2D eigenvalue weighted by molar-refractivity contribution is 7.80. The highest BCUT2D eigenvalue weighted by Gasteiger charge is 2.31. The molecule has 1 saturated carbocycles. The molecule has 2 rings (SSSR count). The van der Waals surface area contributed by atoms with Gasteiger partial charge in [-0.1, -0.05) is 31.5 Å². The largest absolute Gasteiger partial charge is 0.389 e. The first-order valence-electron chi connectivity index (χ1n) is 6.79. The minimum atomic E-state index is 0.223. The van der Waals surface area contributed by atoms with E-state index in [-0.39, 0.29) is 4.99 Å². The number of nitriles is 1. The van der Waals surface area contributed by atoms with Gasteiger partial charge < -0.3 is 10.6 Å². The molecule has 1 heterocycles. The normalized spacial score (nSPS) is 29.0. The van der Waals surface area contributed by atoms with Gasteiger partial charge in [-0.3, -0.25) is 0 Å². The molecule has 2 N–H and O–H groups in total. The van der Waals surface area contributed by atoms with Crippen LogP contribution in [0.5, 0.6) is 0 Å². The highest BCUT2D eigenvalue weighted by atomic mass is 32.1. The standard InChI is InChI=1S/C14H21N3S/c1-10(13(8-15)14(16)18)17-7-6-11-4-2-3-5-12(11)9-17/h11-12H,2-7,9H2,1H3,(H2,16,18)/t11-,12+/m1/s1. The molecule has 2 aliphatic rings. The molecule has 0 aromatic heterocycles. The summed E-state index contributed by atoms with van der Waals surface area (Å²) in [5.41, 5.74) is 7.06. The molecule has 0 spiro atoms. The van der Waals surface area contributed by atoms with Gasteiger partial charge in [-0.05, 0) is 31.6 Å². The number of hydrogen-bond acceptors (Lipinski definition) is 3. The van der Waals surface area contributed by atoms with Crippen LogP contribution in [0.25, 0.3) is 0 Å². The van der Waals surface area contributed by atoms with Crippen molar-refractivity contribution in [3.8, 4) is 6.07 Å². The van der Waals surface area contributed by atoms with E-state index < -0.39 is 0 Å². The molecular formula is C14H21N3S. The molecular weight excluding hydrogens is 242 g/mol. The first-order valence-corrected chi connectivity index (χ1v) is 7.20. The zero-order valence-electron chi connectivity index (χ0n) is 11.0. The van der Waals surface area contributed by atoms with Gasteiger partial charge in [0.05, 0.1) is 0 Å². The fourth-order valence-electron chi connectivity index (χ4n) is 3.38. The summed E-state index contributed by atoms with van der Waals surface area (Å²) in [4.78, 5) is 2.53. The first kappa shape index (κ1) is 13.4. The number of allylic oxidation sites excluding steroid dienone is 1. The third-order valence-corrected chi connectivity index (χ3v) is 4.69. The van der Waals surface area contributed by atoms with Crippen LogP contribution in [0, 0.1) is 23.2 Å². The van der Waals surface area contributed by atoms with Crippen molar-refractivity contribution in [2.45, 2.75) is 39.0 Å². The van der Waals surface area contributed by atoms with Crippen molar-refractivity contribution in [1.29, 1.82) is 5.26 Å². The molecule has 0 radical (unpaired) electrons. The van der Waals surface area contributed by atoms with E-state index in [4.69, 9.17) is 23.2 Å². The number of likely N-dealkylation sites (tertiary alicyclic amines) is 1. The third kappa shape index (κ3) is 2.67. The number of rotatable bonds is 2. The molecule has 0 amide bonds. The summed E-state index contributed by atoms with van der Waals surface area (Å²) in [6.07, 6.45) is 6.73. The average Bonchev–Trinajstić information content (AvgIpc) is 2.38. The van der Waals surface area contributed by atoms with Gasteiger partial charge in [-0.25, -0.2) is 0 Å². The number of hydrogen-bond donors (Lipinski definition) is 1. The molecule has 98 valence electrons. The predicted octanol–water partition coefficient (Wildman–Crippen LogP) is 2.58. The fourth-order valence-corrected chi connectivity index (χ4v) is 3.57. The second-order valence-electron chi connectivity index (χ2n) is 5.48. The van der Waals surface area contributed by atoms with E-state index in [0.29, 0.717) is 5.57 Å². The predicted molar refractivity (Wildman–Crippen MR) is 76.7 cm³/mol. The van der Waals surface area contributed by atoms with E-state index in [2.05, 4.69) is 11.0 Å². The quantitative estimate of drug-likeness (QED) is 0.472. The summed E-state index contributed by atoms with van der Waals surface area (Å²) in [5, 5.41) is 9.13. The minimum Gasteiger partial charge on any atom is -0.389 e. The van der Waals surface area contributed by atoms with E-state index in [1.165, 1.54) is 32.1 Å². The van der Waals surface area contributed by atoms with Crippen LogP contribution in [0.15, 0.2) is 11.3 Å². The molecule has 0 aromatic carbocycles. The van der Waals surface area contributed by atoms with Crippen LogP contribution in [0.4, 0.5) is 0 Å². The Morgan fingerprint density at radius 3 is 2.56 bits per heavy atom. The van der Waals surface area contributed by atoms with Crippen LogP contribution in [-0.4, -0.2) is 23.0 Å². The lowest BCUT2D eigenvalue weighted by atomic mass is 9.75. The molecule has 0 bridgehead atoms. The van der Waals surface area contributed by atoms with Gasteiger partial charge in [-0.2, -0.15) is 5.26 Å². The van der Waals surface area contributed by atoms with Crippen LogP contribution in [-0.2, 0) is 0 Å². The van der Waals surface area contributed by atoms with Gasteiger partial charge in [0.2, 0.25) is 0 Å². The highest BCUT2D eigenvalue weighted by Crippen LogP contribution is 2.37. The Morgan fingerprint density at radius 2 is 1.94 bits per heavy atom. The Bertz CT molecular complexity index is 408. The number of fused-ring (bicyclic) bond motifs is 1. The molecule has 1 aliphatic heterocycles. The molecule has 18 heavy (non-hydrogen) atoms. The van der Waals surface area contributed by atoms with Gasteiger partial charge >= 0.3 is 0 Å². The summed E-state index contributed by atoms with van der Waals surface area (Å²) in [6, 6.07) is 2.14. The molecule has 2 atom stereocenters. The van der Waals surface area contributed by atoms with Gasteiger partial charge in [0, 0.05) is 18.8 Å². The molecule has 4 heteroatoms. The zero-order chi connectivity index (χ0) is 13.1. The van der Waals surface area contributed by atoms with Crippen molar-refractivity contribution >= 4 is 17.2 Å². The van der Waals surface area contributed by atoms with E-state index >= 15 is 0 Å². The van der Waals surface area contributed by atoms with Crippen molar-refractivity contribution in [2.75, 3.05) is 13.1 Å². The van der Waals surface area contributed by atoms with Crippen molar-refractivity contribution in [1.82, 2.24) is 4.90 Å². The lowest BCUT2D eigenvalue weighted by molar-refractivity contribution is 0.109. The van der Waals surface area contributed by atoms with E-state index in [0.717, 1.165) is 30.6 Å². The third-order valence-electron chi connectivity index (χ3n) is 4.49. The lowest BCUT2D eigenvalue weighted by Gasteiger charge is -2.42. The van der Waals surface area contributed by atoms with Gasteiger partial charge in [-0.15, -0.1) is 0 Å². The van der Waals surface area contributed by atoms with Crippen molar-refractivity contribution in [2.24, 2.45) is 17.6 Å². The van der Waals surface area contributed by atoms with Crippen LogP contribution >= 0.6 is 12.2 Å². The number of nitrogens with two attached hydrogens (primary N) is 1. The SMILES string of the molecule is CC(=C(C#N)C(N)=S)N1CC[C@H]2CCCC[C@H]2C1. The first-order chi connectivity index (χ1) is 8.63. The minimum absolute atomic E-state index is 0.223. The molecule has 1 saturated heterocycles. The van der Waals surface area contributed by atoms with Crippen LogP contribution in [0.1, 0.15) is 39.0 Å². The molecule has 2 fully saturated rings. The summed E-state index contributed by atoms with van der Waals surface area (Å²) in [6.45, 7) is 4.09. The monoisotopic (exact) mass is 263 g/mol. The molecule has 1 aliphatic carbocycles.